The number of fused-ring (bicyclic) bond motifs is 1. The van der Waals surface area contributed by atoms with Crippen molar-refractivity contribution in [1.82, 2.24) is 8.87 Å². The van der Waals surface area contributed by atoms with Crippen molar-refractivity contribution in [3.8, 4) is 0 Å². The van der Waals surface area contributed by atoms with Gasteiger partial charge in [-0.05, 0) is 23.8 Å². The highest BCUT2D eigenvalue weighted by molar-refractivity contribution is 7.89. The third-order valence-electron chi connectivity index (χ3n) is 4.43. The van der Waals surface area contributed by atoms with Crippen molar-refractivity contribution < 1.29 is 13.2 Å². The van der Waals surface area contributed by atoms with Gasteiger partial charge >= 0.3 is 4.87 Å². The summed E-state index contributed by atoms with van der Waals surface area (Å²) in [6.45, 7) is 1.98. The average Bonchev–Trinajstić information content (AvgIpc) is 2.98. The van der Waals surface area contributed by atoms with E-state index in [1.807, 2.05) is 30.3 Å². The Morgan fingerprint density at radius 3 is 2.50 bits per heavy atom. The number of morpholine rings is 1. The Morgan fingerprint density at radius 2 is 1.77 bits per heavy atom. The highest BCUT2D eigenvalue weighted by atomic mass is 32.2. The lowest BCUT2D eigenvalue weighted by Crippen LogP contribution is -2.40. The summed E-state index contributed by atoms with van der Waals surface area (Å²) in [6, 6.07) is 14.6. The van der Waals surface area contributed by atoms with Crippen molar-refractivity contribution in [2.24, 2.45) is 0 Å². The van der Waals surface area contributed by atoms with Gasteiger partial charge in [-0.3, -0.25) is 9.36 Å². The molecule has 4 rings (SSSR count). The molecular weight excluding hydrogens is 372 g/mol. The fourth-order valence-corrected chi connectivity index (χ4v) is 5.50. The van der Waals surface area contributed by atoms with Crippen molar-refractivity contribution in [2.75, 3.05) is 26.3 Å². The maximum atomic E-state index is 12.8. The van der Waals surface area contributed by atoms with E-state index in [1.165, 1.54) is 4.31 Å². The van der Waals surface area contributed by atoms with Crippen LogP contribution in [-0.4, -0.2) is 43.6 Å². The van der Waals surface area contributed by atoms with Crippen LogP contribution in [0.4, 0.5) is 0 Å². The van der Waals surface area contributed by atoms with Crippen LogP contribution in [0.25, 0.3) is 10.2 Å². The first-order chi connectivity index (χ1) is 12.6. The number of aromatic nitrogens is 1. The molecule has 0 bridgehead atoms. The molecule has 0 N–H and O–H groups in total. The predicted octanol–water partition coefficient (Wildman–Crippen LogP) is 2.13. The Labute approximate surface area is 155 Å². The molecule has 3 aromatic rings. The zero-order valence-electron chi connectivity index (χ0n) is 14.0. The van der Waals surface area contributed by atoms with Crippen molar-refractivity contribution in [3.05, 3.63) is 63.8 Å². The SMILES string of the molecule is O=c1sc2cc(S(=O)(=O)N3CCOCC3)ccc2n1Cc1ccccc1. The second kappa shape index (κ2) is 6.96. The van der Waals surface area contributed by atoms with E-state index in [-0.39, 0.29) is 9.77 Å². The molecule has 1 aliphatic heterocycles. The van der Waals surface area contributed by atoms with E-state index in [9.17, 15) is 13.2 Å². The van der Waals surface area contributed by atoms with Crippen LogP contribution in [0.1, 0.15) is 5.56 Å². The molecule has 0 aliphatic carbocycles. The molecule has 2 aromatic carbocycles. The van der Waals surface area contributed by atoms with Gasteiger partial charge in [0.05, 0.1) is 34.9 Å². The van der Waals surface area contributed by atoms with Gasteiger partial charge in [0.25, 0.3) is 0 Å². The first kappa shape index (κ1) is 17.4. The molecule has 0 saturated carbocycles. The zero-order valence-corrected chi connectivity index (χ0v) is 15.6. The van der Waals surface area contributed by atoms with E-state index in [2.05, 4.69) is 0 Å². The van der Waals surface area contributed by atoms with Crippen molar-refractivity contribution in [1.29, 1.82) is 0 Å². The summed E-state index contributed by atoms with van der Waals surface area (Å²) in [6.07, 6.45) is 0. The lowest BCUT2D eigenvalue weighted by molar-refractivity contribution is 0.0730. The summed E-state index contributed by atoms with van der Waals surface area (Å²) in [5.74, 6) is 0. The third kappa shape index (κ3) is 3.21. The monoisotopic (exact) mass is 390 g/mol. The molecule has 2 heterocycles. The minimum absolute atomic E-state index is 0.0928. The second-order valence-corrected chi connectivity index (χ2v) is 9.02. The number of sulfonamides is 1. The van der Waals surface area contributed by atoms with Crippen molar-refractivity contribution in [2.45, 2.75) is 11.4 Å². The number of nitrogens with zero attached hydrogens (tertiary/aromatic N) is 2. The van der Waals surface area contributed by atoms with Gasteiger partial charge in [-0.2, -0.15) is 4.31 Å². The van der Waals surface area contributed by atoms with E-state index >= 15 is 0 Å². The van der Waals surface area contributed by atoms with E-state index in [4.69, 9.17) is 4.74 Å². The molecule has 0 amide bonds. The van der Waals surface area contributed by atoms with Crippen LogP contribution in [0.15, 0.2) is 58.2 Å². The largest absolute Gasteiger partial charge is 0.379 e. The van der Waals surface area contributed by atoms with E-state index in [0.717, 1.165) is 22.4 Å². The smallest absolute Gasteiger partial charge is 0.308 e. The molecular formula is C18H18N2O4S2. The fraction of sp³-hybridized carbons (Fsp3) is 0.278. The highest BCUT2D eigenvalue weighted by Crippen LogP contribution is 2.25. The number of hydrogen-bond donors (Lipinski definition) is 0. The Balaban J connectivity index is 1.72. The fourth-order valence-electron chi connectivity index (χ4n) is 3.06. The predicted molar refractivity (Wildman–Crippen MR) is 101 cm³/mol. The maximum absolute atomic E-state index is 12.8. The Kier molecular flexibility index (Phi) is 4.66. The molecule has 1 aromatic heterocycles. The van der Waals surface area contributed by atoms with Crippen LogP contribution in [0.5, 0.6) is 0 Å². The van der Waals surface area contributed by atoms with Crippen LogP contribution in [0.2, 0.25) is 0 Å². The van der Waals surface area contributed by atoms with Gasteiger partial charge in [0.2, 0.25) is 10.0 Å². The molecule has 6 nitrogen and oxygen atoms in total. The van der Waals surface area contributed by atoms with Gasteiger partial charge in [-0.25, -0.2) is 8.42 Å². The standard InChI is InChI=1S/C18H18N2O4S2/c21-18-20(13-14-4-2-1-3-5-14)16-7-6-15(12-17(16)25-18)26(22,23)19-8-10-24-11-9-19/h1-7,12H,8-11,13H2. The highest BCUT2D eigenvalue weighted by Gasteiger charge is 2.26. The molecule has 0 radical (unpaired) electrons. The molecule has 1 fully saturated rings. The van der Waals surface area contributed by atoms with E-state index < -0.39 is 10.0 Å². The molecule has 0 atom stereocenters. The topological polar surface area (TPSA) is 68.6 Å². The lowest BCUT2D eigenvalue weighted by Gasteiger charge is -2.26. The van der Waals surface area contributed by atoms with E-state index in [0.29, 0.717) is 37.5 Å². The first-order valence-electron chi connectivity index (χ1n) is 8.31. The van der Waals surface area contributed by atoms with Gasteiger partial charge in [-0.15, -0.1) is 0 Å². The second-order valence-electron chi connectivity index (χ2n) is 6.09. The lowest BCUT2D eigenvalue weighted by atomic mass is 10.2. The Morgan fingerprint density at radius 1 is 1.04 bits per heavy atom. The zero-order chi connectivity index (χ0) is 18.1. The minimum Gasteiger partial charge on any atom is -0.379 e. The Bertz CT molecular complexity index is 1080. The summed E-state index contributed by atoms with van der Waals surface area (Å²) in [5, 5.41) is 0. The summed E-state index contributed by atoms with van der Waals surface area (Å²) < 4.78 is 34.6. The summed E-state index contributed by atoms with van der Waals surface area (Å²) >= 11 is 1.07. The maximum Gasteiger partial charge on any atom is 0.308 e. The van der Waals surface area contributed by atoms with Crippen LogP contribution in [0, 0.1) is 0 Å². The van der Waals surface area contributed by atoms with Crippen LogP contribution in [0.3, 0.4) is 0 Å². The number of benzene rings is 2. The molecule has 26 heavy (non-hydrogen) atoms. The summed E-state index contributed by atoms with van der Waals surface area (Å²) in [4.78, 5) is 12.5. The van der Waals surface area contributed by atoms with Gasteiger partial charge in [0.15, 0.2) is 0 Å². The first-order valence-corrected chi connectivity index (χ1v) is 10.6. The number of thiazole rings is 1. The third-order valence-corrected chi connectivity index (χ3v) is 7.27. The number of hydrogen-bond acceptors (Lipinski definition) is 5. The molecule has 8 heteroatoms. The minimum atomic E-state index is -3.57. The molecule has 1 saturated heterocycles. The Hall–Kier alpha value is -2.00. The summed E-state index contributed by atoms with van der Waals surface area (Å²) in [7, 11) is -3.57. The van der Waals surface area contributed by atoms with E-state index in [1.54, 1.807) is 22.8 Å². The average molecular weight is 390 g/mol. The molecule has 1 aliphatic rings. The van der Waals surface area contributed by atoms with Gasteiger partial charge in [0.1, 0.15) is 0 Å². The van der Waals surface area contributed by atoms with Crippen LogP contribution < -0.4 is 4.87 Å². The van der Waals surface area contributed by atoms with Crippen LogP contribution >= 0.6 is 11.3 Å². The normalized spacial score (nSPS) is 16.2. The number of ether oxygens (including phenoxy) is 1. The summed E-state index contributed by atoms with van der Waals surface area (Å²) in [5.41, 5.74) is 1.78. The van der Waals surface area contributed by atoms with Crippen molar-refractivity contribution in [3.63, 3.8) is 0 Å². The van der Waals surface area contributed by atoms with Crippen molar-refractivity contribution >= 4 is 31.6 Å². The van der Waals surface area contributed by atoms with Gasteiger partial charge in [0, 0.05) is 13.1 Å². The molecule has 136 valence electrons. The van der Waals surface area contributed by atoms with Gasteiger partial charge in [-0.1, -0.05) is 41.7 Å². The quantitative estimate of drug-likeness (QED) is 0.684. The number of rotatable bonds is 4. The van der Waals surface area contributed by atoms with Gasteiger partial charge < -0.3 is 4.74 Å². The van der Waals surface area contributed by atoms with Crippen LogP contribution in [-0.2, 0) is 21.3 Å². The molecule has 0 unspecified atom stereocenters. The molecule has 0 spiro atoms.